The molecule has 14 heteroatoms. The maximum Gasteiger partial charge on any atom is 0.330 e. The summed E-state index contributed by atoms with van der Waals surface area (Å²) in [7, 11) is 1.21. The van der Waals surface area contributed by atoms with Gasteiger partial charge in [0.1, 0.15) is 11.9 Å². The van der Waals surface area contributed by atoms with Gasteiger partial charge in [0.25, 0.3) is 0 Å². The van der Waals surface area contributed by atoms with E-state index in [2.05, 4.69) is 13.5 Å². The summed E-state index contributed by atoms with van der Waals surface area (Å²) in [5.74, 6) is -4.35. The zero-order chi connectivity index (χ0) is 42.3. The lowest BCUT2D eigenvalue weighted by Crippen LogP contribution is -2.62. The van der Waals surface area contributed by atoms with Crippen molar-refractivity contribution in [1.82, 2.24) is 0 Å². The fourth-order valence-electron chi connectivity index (χ4n) is 8.30. The number of fused-ring (bicyclic) bond motifs is 6. The van der Waals surface area contributed by atoms with Crippen LogP contribution in [0.15, 0.2) is 36.5 Å². The van der Waals surface area contributed by atoms with Gasteiger partial charge in [0.2, 0.25) is 5.79 Å². The molecule has 0 saturated carbocycles. The van der Waals surface area contributed by atoms with E-state index in [0.717, 1.165) is 44.9 Å². The van der Waals surface area contributed by atoms with Crippen LogP contribution >= 0.6 is 0 Å². The molecule has 3 fully saturated rings. The number of ketones is 1. The third-order valence-corrected chi connectivity index (χ3v) is 11.5. The number of esters is 3. The first-order chi connectivity index (χ1) is 27.7. The van der Waals surface area contributed by atoms with Crippen LogP contribution in [-0.4, -0.2) is 114 Å². The van der Waals surface area contributed by atoms with Crippen molar-refractivity contribution in [3.05, 3.63) is 36.5 Å². The number of allylic oxidation sites excluding steroid dienone is 1. The summed E-state index contributed by atoms with van der Waals surface area (Å²) < 4.78 is 42.3. The zero-order valence-corrected chi connectivity index (χ0v) is 35.0. The van der Waals surface area contributed by atoms with Crippen molar-refractivity contribution < 1.29 is 67.7 Å². The molecule has 1 unspecified atom stereocenters. The lowest BCUT2D eigenvalue weighted by Gasteiger charge is -2.51. The number of Topliss-reactive ketones (excluding diaryl/α,β-unsaturated/α-hetero) is 1. The molecule has 4 aliphatic rings. The van der Waals surface area contributed by atoms with E-state index >= 15 is 0 Å². The van der Waals surface area contributed by atoms with E-state index in [1.54, 1.807) is 32.1 Å². The quantitative estimate of drug-likeness (QED) is 0.0643. The second-order valence-corrected chi connectivity index (χ2v) is 16.9. The molecule has 3 saturated heterocycles. The molecule has 0 spiro atoms. The van der Waals surface area contributed by atoms with Crippen molar-refractivity contribution in [1.29, 1.82) is 0 Å². The Morgan fingerprint density at radius 3 is 2.36 bits per heavy atom. The molecule has 0 radical (unpaired) electrons. The summed E-state index contributed by atoms with van der Waals surface area (Å²) in [6.07, 6.45) is 8.00. The molecule has 6 bridgehead atoms. The Bertz CT molecular complexity index is 1420. The fraction of sp³-hybridized carbons (Fsp3) is 0.773. The van der Waals surface area contributed by atoms with Gasteiger partial charge in [-0.1, -0.05) is 58.6 Å². The van der Waals surface area contributed by atoms with Crippen LogP contribution in [0.2, 0.25) is 0 Å². The lowest BCUT2D eigenvalue weighted by atomic mass is 9.74. The monoisotopic (exact) mass is 820 g/mol. The second kappa shape index (κ2) is 23.1. The van der Waals surface area contributed by atoms with Crippen molar-refractivity contribution in [3.8, 4) is 0 Å². The molecule has 0 aliphatic carbocycles. The van der Waals surface area contributed by atoms with E-state index in [4.69, 9.17) is 33.2 Å². The van der Waals surface area contributed by atoms with E-state index in [1.165, 1.54) is 13.2 Å². The van der Waals surface area contributed by atoms with Crippen molar-refractivity contribution in [2.45, 2.75) is 197 Å². The first-order valence-electron chi connectivity index (χ1n) is 21.3. The molecular formula is C44H68O14. The molecular weight excluding hydrogens is 752 g/mol. The normalized spacial score (nSPS) is 34.0. The number of hydrogen-bond acceptors (Lipinski definition) is 14. The maximum atomic E-state index is 13.4. The smallest absolute Gasteiger partial charge is 0.330 e. The SMILES string of the molecule is C=CCCC(=O)CC1C[C@H]2C[C@H]3CCC[C@@H](C[C@@H](O)CC(=O)O[C@@H](CO)C[C@@H]4CC(=CC(=O)OC)[C@H](OC(=O)CCCCCCC)[C@@](O)(O4)C(C)(C)C=C[C@@H](O1)O2)O3. The summed E-state index contributed by atoms with van der Waals surface area (Å²) >= 11 is 0. The number of methoxy groups -OCH3 is 1. The van der Waals surface area contributed by atoms with Crippen molar-refractivity contribution in [2.24, 2.45) is 5.41 Å². The Morgan fingerprint density at radius 2 is 1.66 bits per heavy atom. The number of aliphatic hydroxyl groups excluding tert-OH is 2. The fourth-order valence-corrected chi connectivity index (χ4v) is 8.30. The number of ether oxygens (including phenoxy) is 7. The Kier molecular flexibility index (Phi) is 19.0. The highest BCUT2D eigenvalue weighted by molar-refractivity contribution is 5.83. The second-order valence-electron chi connectivity index (χ2n) is 16.9. The number of aliphatic hydroxyl groups is 3. The molecule has 0 amide bonds. The first-order valence-corrected chi connectivity index (χ1v) is 21.3. The average molecular weight is 821 g/mol. The van der Waals surface area contributed by atoms with Crippen LogP contribution in [0, 0.1) is 5.41 Å². The summed E-state index contributed by atoms with van der Waals surface area (Å²) in [4.78, 5) is 52.2. The summed E-state index contributed by atoms with van der Waals surface area (Å²) in [6.45, 7) is 8.59. The molecule has 10 atom stereocenters. The first kappa shape index (κ1) is 47.7. The van der Waals surface area contributed by atoms with Crippen LogP contribution in [0.5, 0.6) is 0 Å². The van der Waals surface area contributed by atoms with Gasteiger partial charge in [0, 0.05) is 56.4 Å². The van der Waals surface area contributed by atoms with E-state index in [1.807, 2.05) is 0 Å². The predicted octanol–water partition coefficient (Wildman–Crippen LogP) is 5.62. The Balaban J connectivity index is 1.74. The molecule has 4 heterocycles. The van der Waals surface area contributed by atoms with Crippen LogP contribution in [0.4, 0.5) is 0 Å². The molecule has 0 aromatic heterocycles. The Hall–Kier alpha value is -2.98. The molecule has 328 valence electrons. The molecule has 58 heavy (non-hydrogen) atoms. The molecule has 0 aromatic rings. The highest BCUT2D eigenvalue weighted by Gasteiger charge is 2.57. The summed E-state index contributed by atoms with van der Waals surface area (Å²) in [5.41, 5.74) is -1.18. The van der Waals surface area contributed by atoms with Crippen LogP contribution in [-0.2, 0) is 52.3 Å². The van der Waals surface area contributed by atoms with Crippen LogP contribution in [0.25, 0.3) is 0 Å². The molecule has 0 aromatic carbocycles. The number of unbranched alkanes of at least 4 members (excludes halogenated alkanes) is 4. The van der Waals surface area contributed by atoms with Gasteiger partial charge < -0.3 is 48.5 Å². The van der Waals surface area contributed by atoms with Gasteiger partial charge in [-0.05, 0) is 50.2 Å². The van der Waals surface area contributed by atoms with Gasteiger partial charge in [-0.3, -0.25) is 14.4 Å². The van der Waals surface area contributed by atoms with E-state index in [9.17, 15) is 34.5 Å². The average Bonchev–Trinajstić information content (AvgIpc) is 3.16. The van der Waals surface area contributed by atoms with Gasteiger partial charge in [-0.25, -0.2) is 4.79 Å². The minimum atomic E-state index is -2.33. The van der Waals surface area contributed by atoms with Gasteiger partial charge in [-0.15, -0.1) is 6.58 Å². The van der Waals surface area contributed by atoms with Crippen molar-refractivity contribution in [2.75, 3.05) is 13.7 Å². The minimum Gasteiger partial charge on any atom is -0.466 e. The molecule has 4 aliphatic heterocycles. The predicted molar refractivity (Wildman–Crippen MR) is 212 cm³/mol. The third-order valence-electron chi connectivity index (χ3n) is 11.5. The standard InChI is InChI=1S/C44H68O14/c1-6-8-10-11-12-17-38(48)57-42-29(21-39(49)52-5)20-36-27-37(28-45)54-40(50)24-31(47)23-32-15-13-16-33(53-32)25-35-26-34(22-30(46)14-9-7-2)55-41(56-35)18-19-43(3,4)44(42,51)58-36/h7,18-19,21,31-37,41-42,45,47,51H,2,6,8-17,20,22-28H2,1,3-5H3/t31-,32+,33-,34?,35-,36+,37-,41+,42+,44-/m1/s1. The zero-order valence-electron chi connectivity index (χ0n) is 35.0. The van der Waals surface area contributed by atoms with E-state index in [-0.39, 0.29) is 68.2 Å². The Labute approximate surface area is 343 Å². The summed E-state index contributed by atoms with van der Waals surface area (Å²) in [6, 6.07) is 0. The molecule has 3 N–H and O–H groups in total. The number of hydrogen-bond donors (Lipinski definition) is 3. The van der Waals surface area contributed by atoms with E-state index in [0.29, 0.717) is 32.1 Å². The van der Waals surface area contributed by atoms with Gasteiger partial charge in [0.15, 0.2) is 12.4 Å². The number of carbonyl (C=O) groups excluding carboxylic acids is 4. The van der Waals surface area contributed by atoms with Gasteiger partial charge >= 0.3 is 17.9 Å². The highest BCUT2D eigenvalue weighted by Crippen LogP contribution is 2.47. The number of rotatable bonds is 14. The largest absolute Gasteiger partial charge is 0.466 e. The Morgan fingerprint density at radius 1 is 0.931 bits per heavy atom. The van der Waals surface area contributed by atoms with Crippen LogP contribution in [0.1, 0.15) is 136 Å². The topological polar surface area (TPSA) is 194 Å². The number of cyclic esters (lactones) is 1. The summed E-state index contributed by atoms with van der Waals surface area (Å²) in [5, 5.41) is 34.1. The molecule has 14 nitrogen and oxygen atoms in total. The number of carbonyl (C=O) groups is 4. The minimum absolute atomic E-state index is 0.0358. The van der Waals surface area contributed by atoms with E-state index < -0.39 is 72.5 Å². The third kappa shape index (κ3) is 14.3. The van der Waals surface area contributed by atoms with Gasteiger partial charge in [-0.2, -0.15) is 0 Å². The van der Waals surface area contributed by atoms with Crippen molar-refractivity contribution in [3.63, 3.8) is 0 Å². The molecule has 4 rings (SSSR count). The maximum absolute atomic E-state index is 13.4. The lowest BCUT2D eigenvalue weighted by molar-refractivity contribution is -0.327. The van der Waals surface area contributed by atoms with Crippen molar-refractivity contribution >= 4 is 23.7 Å². The van der Waals surface area contributed by atoms with Crippen LogP contribution in [0.3, 0.4) is 0 Å². The van der Waals surface area contributed by atoms with Gasteiger partial charge in [0.05, 0.1) is 56.8 Å². The highest BCUT2D eigenvalue weighted by atomic mass is 16.7. The van der Waals surface area contributed by atoms with Crippen LogP contribution < -0.4 is 0 Å².